The largest absolute Gasteiger partial charge is 0.480 e. The first-order chi connectivity index (χ1) is 8.99. The fourth-order valence-electron chi connectivity index (χ4n) is 2.06. The standard InChI is InChI=1S/C12H14N2O4S/c1-8-5-9-10(13-7-19(17)18)3-2-4-11(9)14(8)6-12(15)16/h2-5,13H,6-7H2,1H3,(H,15,16)(H,17,18). The lowest BCUT2D eigenvalue weighted by Gasteiger charge is -2.07. The fourth-order valence-corrected chi connectivity index (χ4v) is 2.33. The maximum Gasteiger partial charge on any atom is 0.323 e. The summed E-state index contributed by atoms with van der Waals surface area (Å²) in [4.78, 5) is 10.9. The van der Waals surface area contributed by atoms with Gasteiger partial charge in [-0.15, -0.1) is 0 Å². The van der Waals surface area contributed by atoms with Crippen LogP contribution in [-0.4, -0.2) is 30.3 Å². The van der Waals surface area contributed by atoms with E-state index in [1.54, 1.807) is 16.7 Å². The van der Waals surface area contributed by atoms with Gasteiger partial charge in [-0.1, -0.05) is 6.07 Å². The van der Waals surface area contributed by atoms with E-state index >= 15 is 0 Å². The number of carboxylic acid groups (broad SMARTS) is 1. The number of aryl methyl sites for hydroxylation is 1. The van der Waals surface area contributed by atoms with Gasteiger partial charge < -0.3 is 19.5 Å². The van der Waals surface area contributed by atoms with Crippen molar-refractivity contribution in [2.75, 3.05) is 11.2 Å². The molecular formula is C12H14N2O4S. The Labute approximate surface area is 112 Å². The van der Waals surface area contributed by atoms with Crippen molar-refractivity contribution in [2.45, 2.75) is 13.5 Å². The normalized spacial score (nSPS) is 12.5. The first-order valence-electron chi connectivity index (χ1n) is 5.61. The summed E-state index contributed by atoms with van der Waals surface area (Å²) in [6, 6.07) is 7.26. The number of rotatable bonds is 5. The van der Waals surface area contributed by atoms with Crippen molar-refractivity contribution < 1.29 is 18.7 Å². The van der Waals surface area contributed by atoms with Crippen LogP contribution in [0.1, 0.15) is 5.69 Å². The van der Waals surface area contributed by atoms with Gasteiger partial charge in [-0.25, -0.2) is 4.21 Å². The molecule has 0 aliphatic rings. The third kappa shape index (κ3) is 2.94. The van der Waals surface area contributed by atoms with Crippen LogP contribution >= 0.6 is 0 Å². The van der Waals surface area contributed by atoms with Gasteiger partial charge >= 0.3 is 5.97 Å². The Bertz CT molecular complexity index is 650. The number of benzene rings is 1. The molecule has 6 nitrogen and oxygen atoms in total. The van der Waals surface area contributed by atoms with Crippen LogP contribution in [0.25, 0.3) is 10.9 Å². The van der Waals surface area contributed by atoms with Gasteiger partial charge in [-0.2, -0.15) is 0 Å². The van der Waals surface area contributed by atoms with Gasteiger partial charge in [-0.05, 0) is 25.1 Å². The second-order valence-corrected chi connectivity index (χ2v) is 5.08. The number of fused-ring (bicyclic) bond motifs is 1. The Morgan fingerprint density at radius 2 is 2.21 bits per heavy atom. The minimum Gasteiger partial charge on any atom is -0.480 e. The number of aliphatic carboxylic acids is 1. The summed E-state index contributed by atoms with van der Waals surface area (Å²) in [6.07, 6.45) is 0. The average molecular weight is 282 g/mol. The molecule has 1 aromatic carbocycles. The van der Waals surface area contributed by atoms with E-state index < -0.39 is 17.0 Å². The van der Waals surface area contributed by atoms with Crippen LogP contribution in [-0.2, 0) is 22.4 Å². The minimum atomic E-state index is -1.93. The van der Waals surface area contributed by atoms with E-state index in [2.05, 4.69) is 5.32 Å². The number of hydrogen-bond acceptors (Lipinski definition) is 3. The zero-order valence-electron chi connectivity index (χ0n) is 10.3. The highest BCUT2D eigenvalue weighted by atomic mass is 32.2. The smallest absolute Gasteiger partial charge is 0.323 e. The van der Waals surface area contributed by atoms with Crippen molar-refractivity contribution in [3.8, 4) is 0 Å². The average Bonchev–Trinajstić information content (AvgIpc) is 2.63. The van der Waals surface area contributed by atoms with Crippen LogP contribution in [0.4, 0.5) is 5.69 Å². The molecule has 0 saturated carbocycles. The van der Waals surface area contributed by atoms with Gasteiger partial charge in [0.2, 0.25) is 0 Å². The second kappa shape index (κ2) is 5.41. The SMILES string of the molecule is Cc1cc2c(NCS(=O)O)cccc2n1CC(=O)O. The zero-order valence-corrected chi connectivity index (χ0v) is 11.1. The molecule has 7 heteroatoms. The molecule has 1 aromatic heterocycles. The predicted molar refractivity (Wildman–Crippen MR) is 73.6 cm³/mol. The Morgan fingerprint density at radius 3 is 2.84 bits per heavy atom. The molecule has 19 heavy (non-hydrogen) atoms. The van der Waals surface area contributed by atoms with Crippen molar-refractivity contribution >= 4 is 33.6 Å². The Morgan fingerprint density at radius 1 is 1.47 bits per heavy atom. The molecule has 1 atom stereocenters. The Kier molecular flexibility index (Phi) is 3.87. The summed E-state index contributed by atoms with van der Waals surface area (Å²) < 4.78 is 21.2. The van der Waals surface area contributed by atoms with E-state index in [1.807, 2.05) is 19.1 Å². The summed E-state index contributed by atoms with van der Waals surface area (Å²) in [5, 5.41) is 12.6. The zero-order chi connectivity index (χ0) is 14.0. The highest BCUT2D eigenvalue weighted by molar-refractivity contribution is 7.79. The maximum absolute atomic E-state index is 10.9. The van der Waals surface area contributed by atoms with Gasteiger partial charge in [0.05, 0.1) is 5.52 Å². The van der Waals surface area contributed by atoms with Gasteiger partial charge in [0.15, 0.2) is 11.1 Å². The van der Waals surface area contributed by atoms with Crippen molar-refractivity contribution in [3.63, 3.8) is 0 Å². The number of carboxylic acids is 1. The summed E-state index contributed by atoms with van der Waals surface area (Å²) in [7, 11) is 0. The van der Waals surface area contributed by atoms with Crippen LogP contribution < -0.4 is 5.32 Å². The van der Waals surface area contributed by atoms with E-state index in [0.717, 1.165) is 16.6 Å². The number of anilines is 1. The molecule has 0 fully saturated rings. The van der Waals surface area contributed by atoms with Crippen molar-refractivity contribution in [1.29, 1.82) is 0 Å². The Hall–Kier alpha value is -1.86. The predicted octanol–water partition coefficient (Wildman–Crippen LogP) is 1.63. The summed E-state index contributed by atoms with van der Waals surface area (Å²) >= 11 is -1.93. The number of carbonyl (C=O) groups is 1. The molecule has 0 amide bonds. The van der Waals surface area contributed by atoms with E-state index in [4.69, 9.17) is 9.66 Å². The number of aromatic nitrogens is 1. The third-order valence-electron chi connectivity index (χ3n) is 2.83. The number of hydrogen-bond donors (Lipinski definition) is 3. The lowest BCUT2D eigenvalue weighted by atomic mass is 10.2. The highest BCUT2D eigenvalue weighted by Gasteiger charge is 2.11. The summed E-state index contributed by atoms with van der Waals surface area (Å²) in [6.45, 7) is 1.72. The van der Waals surface area contributed by atoms with Crippen LogP contribution in [0.5, 0.6) is 0 Å². The molecule has 0 bridgehead atoms. The van der Waals surface area contributed by atoms with Crippen LogP contribution in [0.15, 0.2) is 24.3 Å². The minimum absolute atomic E-state index is 0.0672. The molecule has 1 heterocycles. The molecule has 2 rings (SSSR count). The van der Waals surface area contributed by atoms with Gasteiger partial charge in [0.1, 0.15) is 12.4 Å². The Balaban J connectivity index is 2.45. The topological polar surface area (TPSA) is 91.6 Å². The first-order valence-corrected chi connectivity index (χ1v) is 6.88. The summed E-state index contributed by atoms with van der Waals surface area (Å²) in [5.41, 5.74) is 2.33. The van der Waals surface area contributed by atoms with E-state index in [-0.39, 0.29) is 12.4 Å². The summed E-state index contributed by atoms with van der Waals surface area (Å²) in [5.74, 6) is -0.974. The molecule has 0 aliphatic heterocycles. The fraction of sp³-hybridized carbons (Fsp3) is 0.250. The number of nitrogens with one attached hydrogen (secondary N) is 1. The highest BCUT2D eigenvalue weighted by Crippen LogP contribution is 2.26. The maximum atomic E-state index is 10.9. The molecule has 0 aliphatic carbocycles. The van der Waals surface area contributed by atoms with Gasteiger partial charge in [0, 0.05) is 16.8 Å². The molecule has 0 saturated heterocycles. The molecule has 1 unspecified atom stereocenters. The third-order valence-corrected chi connectivity index (χ3v) is 3.22. The lowest BCUT2D eigenvalue weighted by Crippen LogP contribution is -2.10. The van der Waals surface area contributed by atoms with E-state index in [0.29, 0.717) is 5.69 Å². The van der Waals surface area contributed by atoms with Gasteiger partial charge in [0.25, 0.3) is 0 Å². The van der Waals surface area contributed by atoms with Crippen LogP contribution in [0.2, 0.25) is 0 Å². The molecule has 0 spiro atoms. The number of nitrogens with zero attached hydrogens (tertiary/aromatic N) is 1. The first kappa shape index (κ1) is 13.6. The van der Waals surface area contributed by atoms with Crippen LogP contribution in [0, 0.1) is 6.92 Å². The molecule has 2 aromatic rings. The van der Waals surface area contributed by atoms with Crippen LogP contribution in [0.3, 0.4) is 0 Å². The molecule has 102 valence electrons. The van der Waals surface area contributed by atoms with E-state index in [1.165, 1.54) is 0 Å². The second-order valence-electron chi connectivity index (χ2n) is 4.15. The van der Waals surface area contributed by atoms with Crippen molar-refractivity contribution in [3.05, 3.63) is 30.0 Å². The molecule has 0 radical (unpaired) electrons. The quantitative estimate of drug-likeness (QED) is 0.725. The van der Waals surface area contributed by atoms with Gasteiger partial charge in [-0.3, -0.25) is 4.79 Å². The van der Waals surface area contributed by atoms with Crippen molar-refractivity contribution in [2.24, 2.45) is 0 Å². The molecular weight excluding hydrogens is 268 g/mol. The van der Waals surface area contributed by atoms with Crippen molar-refractivity contribution in [1.82, 2.24) is 4.57 Å². The molecule has 3 N–H and O–H groups in total. The van der Waals surface area contributed by atoms with E-state index in [9.17, 15) is 9.00 Å². The monoisotopic (exact) mass is 282 g/mol. The lowest BCUT2D eigenvalue weighted by molar-refractivity contribution is -0.137.